The van der Waals surface area contributed by atoms with Gasteiger partial charge in [0.05, 0.1) is 6.54 Å². The van der Waals surface area contributed by atoms with Gasteiger partial charge in [-0.05, 0) is 36.6 Å². The van der Waals surface area contributed by atoms with Crippen LogP contribution in [0.1, 0.15) is 16.5 Å². The molecule has 24 heavy (non-hydrogen) atoms. The number of aliphatic imine (C=N–C) groups is 1. The zero-order chi connectivity index (χ0) is 16.2. The highest BCUT2D eigenvalue weighted by molar-refractivity contribution is 14.0. The number of hydrogen-bond acceptors (Lipinski definition) is 3. The molecule has 0 amide bonds. The third-order valence-electron chi connectivity index (χ3n) is 3.53. The fourth-order valence-electron chi connectivity index (χ4n) is 2.27. The van der Waals surface area contributed by atoms with Crippen LogP contribution in [0.25, 0.3) is 10.1 Å². The summed E-state index contributed by atoms with van der Waals surface area (Å²) >= 11 is 1.58. The van der Waals surface area contributed by atoms with E-state index >= 15 is 0 Å². The summed E-state index contributed by atoms with van der Waals surface area (Å²) in [4.78, 5) is 5.13. The molecule has 3 aromatic rings. The van der Waals surface area contributed by atoms with E-state index in [0.29, 0.717) is 5.96 Å². The van der Waals surface area contributed by atoms with E-state index in [9.17, 15) is 5.11 Å². The SMILES string of the molecule is Cc1ccc(NC(N)=NCC(O)c2cc3ccccc3s2)cc1.I. The Hall–Kier alpha value is -1.64. The lowest BCUT2D eigenvalue weighted by Crippen LogP contribution is -2.23. The maximum atomic E-state index is 10.3. The molecular formula is C18H20IN3OS. The zero-order valence-corrected chi connectivity index (χ0v) is 16.4. The van der Waals surface area contributed by atoms with Crippen LogP contribution in [0.4, 0.5) is 5.69 Å². The molecule has 0 aliphatic carbocycles. The van der Waals surface area contributed by atoms with Crippen LogP contribution < -0.4 is 11.1 Å². The molecule has 1 unspecified atom stereocenters. The van der Waals surface area contributed by atoms with Gasteiger partial charge in [-0.3, -0.25) is 4.99 Å². The van der Waals surface area contributed by atoms with E-state index < -0.39 is 6.10 Å². The number of halogens is 1. The molecular weight excluding hydrogens is 433 g/mol. The number of hydrogen-bond donors (Lipinski definition) is 3. The zero-order valence-electron chi connectivity index (χ0n) is 13.3. The number of aliphatic hydroxyl groups is 1. The predicted molar refractivity (Wildman–Crippen MR) is 113 cm³/mol. The average Bonchev–Trinajstić information content (AvgIpc) is 2.99. The number of anilines is 1. The van der Waals surface area contributed by atoms with Gasteiger partial charge in [0.2, 0.25) is 0 Å². The minimum absolute atomic E-state index is 0. The average molecular weight is 453 g/mol. The fraction of sp³-hybridized carbons (Fsp3) is 0.167. The molecule has 0 aliphatic rings. The normalized spacial score (nSPS) is 12.7. The molecule has 1 aromatic heterocycles. The molecule has 1 heterocycles. The molecule has 0 bridgehead atoms. The Kier molecular flexibility index (Phi) is 6.59. The molecule has 3 rings (SSSR count). The van der Waals surface area contributed by atoms with Gasteiger partial charge in [-0.2, -0.15) is 0 Å². The van der Waals surface area contributed by atoms with Crippen molar-refractivity contribution in [3.8, 4) is 0 Å². The van der Waals surface area contributed by atoms with Gasteiger partial charge in [0.25, 0.3) is 0 Å². The van der Waals surface area contributed by atoms with E-state index in [-0.39, 0.29) is 30.5 Å². The Morgan fingerprint density at radius 2 is 1.92 bits per heavy atom. The van der Waals surface area contributed by atoms with Gasteiger partial charge in [0, 0.05) is 15.3 Å². The summed E-state index contributed by atoms with van der Waals surface area (Å²) in [6, 6.07) is 18.0. The van der Waals surface area contributed by atoms with Gasteiger partial charge in [0.1, 0.15) is 6.10 Å². The largest absolute Gasteiger partial charge is 0.386 e. The number of benzene rings is 2. The van der Waals surface area contributed by atoms with Gasteiger partial charge in [0.15, 0.2) is 5.96 Å². The van der Waals surface area contributed by atoms with Crippen LogP contribution in [0.3, 0.4) is 0 Å². The quantitative estimate of drug-likeness (QED) is 0.314. The first-order valence-corrected chi connectivity index (χ1v) is 8.23. The van der Waals surface area contributed by atoms with Crippen LogP contribution in [-0.2, 0) is 0 Å². The molecule has 4 N–H and O–H groups in total. The van der Waals surface area contributed by atoms with Crippen LogP contribution in [-0.4, -0.2) is 17.6 Å². The molecule has 4 nitrogen and oxygen atoms in total. The van der Waals surface area contributed by atoms with Gasteiger partial charge >= 0.3 is 0 Å². The highest BCUT2D eigenvalue weighted by atomic mass is 127. The first-order chi connectivity index (χ1) is 11.1. The molecule has 0 aliphatic heterocycles. The van der Waals surface area contributed by atoms with E-state index in [1.165, 1.54) is 5.56 Å². The Bertz CT molecular complexity index is 797. The molecule has 2 aromatic carbocycles. The number of rotatable bonds is 4. The van der Waals surface area contributed by atoms with Crippen LogP contribution in [0.5, 0.6) is 0 Å². The Morgan fingerprint density at radius 3 is 2.62 bits per heavy atom. The van der Waals surface area contributed by atoms with Crippen molar-refractivity contribution in [1.82, 2.24) is 0 Å². The number of nitrogens with one attached hydrogen (secondary N) is 1. The number of aryl methyl sites for hydroxylation is 1. The second-order valence-corrected chi connectivity index (χ2v) is 6.53. The van der Waals surface area contributed by atoms with Crippen LogP contribution in [0.15, 0.2) is 59.6 Å². The highest BCUT2D eigenvalue weighted by Gasteiger charge is 2.11. The Morgan fingerprint density at radius 1 is 1.21 bits per heavy atom. The molecule has 0 spiro atoms. The summed E-state index contributed by atoms with van der Waals surface area (Å²) in [5.41, 5.74) is 7.95. The van der Waals surface area contributed by atoms with E-state index in [1.807, 2.05) is 61.5 Å². The smallest absolute Gasteiger partial charge is 0.193 e. The summed E-state index contributed by atoms with van der Waals surface area (Å²) < 4.78 is 1.16. The van der Waals surface area contributed by atoms with Crippen molar-refractivity contribution >= 4 is 57.0 Å². The number of guanidine groups is 1. The van der Waals surface area contributed by atoms with Crippen molar-refractivity contribution in [2.75, 3.05) is 11.9 Å². The minimum Gasteiger partial charge on any atom is -0.386 e. The monoisotopic (exact) mass is 453 g/mol. The van der Waals surface area contributed by atoms with Crippen molar-refractivity contribution in [3.63, 3.8) is 0 Å². The lowest BCUT2D eigenvalue weighted by Gasteiger charge is -2.08. The van der Waals surface area contributed by atoms with Gasteiger partial charge in [-0.1, -0.05) is 35.9 Å². The standard InChI is InChI=1S/C18H19N3OS.HI/c1-12-6-8-14(9-7-12)21-18(19)20-11-15(22)17-10-13-4-2-3-5-16(13)23-17;/h2-10,15,22H,11H2,1H3,(H3,19,20,21);1H. The maximum Gasteiger partial charge on any atom is 0.193 e. The second kappa shape index (κ2) is 8.46. The summed E-state index contributed by atoms with van der Waals surface area (Å²) in [7, 11) is 0. The van der Waals surface area contributed by atoms with E-state index in [1.54, 1.807) is 11.3 Å². The first kappa shape index (κ1) is 18.7. The van der Waals surface area contributed by atoms with Crippen molar-refractivity contribution in [1.29, 1.82) is 0 Å². The summed E-state index contributed by atoms with van der Waals surface area (Å²) in [5.74, 6) is 0.300. The number of fused-ring (bicyclic) bond motifs is 1. The van der Waals surface area contributed by atoms with Gasteiger partial charge in [-0.15, -0.1) is 35.3 Å². The summed E-state index contributed by atoms with van der Waals surface area (Å²) in [5, 5.41) is 14.5. The van der Waals surface area contributed by atoms with E-state index in [0.717, 1.165) is 20.7 Å². The lowest BCUT2D eigenvalue weighted by molar-refractivity contribution is 0.191. The number of thiophene rings is 1. The molecule has 0 fully saturated rings. The summed E-state index contributed by atoms with van der Waals surface area (Å²) in [6.45, 7) is 2.26. The van der Waals surface area contributed by atoms with Gasteiger partial charge in [-0.25, -0.2) is 0 Å². The molecule has 0 saturated carbocycles. The van der Waals surface area contributed by atoms with Crippen LogP contribution in [0, 0.1) is 6.92 Å². The van der Waals surface area contributed by atoms with Crippen LogP contribution in [0.2, 0.25) is 0 Å². The molecule has 1 atom stereocenters. The highest BCUT2D eigenvalue weighted by Crippen LogP contribution is 2.29. The van der Waals surface area contributed by atoms with Crippen molar-refractivity contribution in [2.45, 2.75) is 13.0 Å². The molecule has 126 valence electrons. The predicted octanol–water partition coefficient (Wildman–Crippen LogP) is 4.29. The number of nitrogens with two attached hydrogens (primary N) is 1. The van der Waals surface area contributed by atoms with E-state index in [4.69, 9.17) is 5.73 Å². The third kappa shape index (κ3) is 4.68. The third-order valence-corrected chi connectivity index (χ3v) is 4.75. The fourth-order valence-corrected chi connectivity index (χ4v) is 3.31. The maximum absolute atomic E-state index is 10.3. The molecule has 0 saturated heterocycles. The second-order valence-electron chi connectivity index (χ2n) is 5.42. The topological polar surface area (TPSA) is 70.6 Å². The molecule has 0 radical (unpaired) electrons. The first-order valence-electron chi connectivity index (χ1n) is 7.42. The van der Waals surface area contributed by atoms with Gasteiger partial charge < -0.3 is 16.2 Å². The van der Waals surface area contributed by atoms with Crippen molar-refractivity contribution in [3.05, 3.63) is 65.0 Å². The number of aliphatic hydroxyl groups excluding tert-OH is 1. The minimum atomic E-state index is -0.647. The van der Waals surface area contributed by atoms with Crippen molar-refractivity contribution in [2.24, 2.45) is 10.7 Å². The Labute approximate surface area is 162 Å². The van der Waals surface area contributed by atoms with E-state index in [2.05, 4.69) is 10.3 Å². The molecule has 6 heteroatoms. The van der Waals surface area contributed by atoms with Crippen LogP contribution >= 0.6 is 35.3 Å². The summed E-state index contributed by atoms with van der Waals surface area (Å²) in [6.07, 6.45) is -0.647. The Balaban J connectivity index is 0.00000208. The number of nitrogens with zero attached hydrogens (tertiary/aromatic N) is 1. The lowest BCUT2D eigenvalue weighted by atomic mass is 10.2. The van der Waals surface area contributed by atoms with Crippen molar-refractivity contribution < 1.29 is 5.11 Å².